The van der Waals surface area contributed by atoms with Crippen molar-refractivity contribution in [2.75, 3.05) is 0 Å². The number of hydrogen-bond donors (Lipinski definition) is 0. The molecule has 1 aromatic carbocycles. The van der Waals surface area contributed by atoms with Crippen molar-refractivity contribution in [2.45, 2.75) is 19.4 Å². The maximum absolute atomic E-state index is 11.9. The zero-order valence-electron chi connectivity index (χ0n) is 9.39. The summed E-state index contributed by atoms with van der Waals surface area (Å²) < 4.78 is 1.81. The SMILES string of the molecule is C=C[C@H](CC)n1c(=O)ccc2ccccc21. The van der Waals surface area contributed by atoms with Gasteiger partial charge in [0.15, 0.2) is 0 Å². The van der Waals surface area contributed by atoms with Crippen molar-refractivity contribution in [3.8, 4) is 0 Å². The molecule has 82 valence electrons. The maximum atomic E-state index is 11.9. The summed E-state index contributed by atoms with van der Waals surface area (Å²) in [5.41, 5.74) is 1.01. The van der Waals surface area contributed by atoms with Crippen LogP contribution in [-0.4, -0.2) is 4.57 Å². The lowest BCUT2D eigenvalue weighted by Crippen LogP contribution is -2.22. The molecular formula is C14H15NO. The van der Waals surface area contributed by atoms with Crippen LogP contribution in [0.1, 0.15) is 19.4 Å². The van der Waals surface area contributed by atoms with Crippen molar-refractivity contribution in [3.63, 3.8) is 0 Å². The third-order valence-corrected chi connectivity index (χ3v) is 2.86. The molecule has 2 aromatic rings. The Kier molecular flexibility index (Phi) is 2.91. The normalized spacial score (nSPS) is 12.6. The van der Waals surface area contributed by atoms with Crippen molar-refractivity contribution in [3.05, 3.63) is 59.4 Å². The summed E-state index contributed by atoms with van der Waals surface area (Å²) in [7, 11) is 0. The monoisotopic (exact) mass is 213 g/mol. The molecule has 0 aliphatic carbocycles. The van der Waals surface area contributed by atoms with E-state index in [1.165, 1.54) is 0 Å². The van der Waals surface area contributed by atoms with Gasteiger partial charge in [-0.25, -0.2) is 0 Å². The fraction of sp³-hybridized carbons (Fsp3) is 0.214. The summed E-state index contributed by atoms with van der Waals surface area (Å²) in [5.74, 6) is 0. The highest BCUT2D eigenvalue weighted by Gasteiger charge is 2.09. The highest BCUT2D eigenvalue weighted by Crippen LogP contribution is 2.18. The maximum Gasteiger partial charge on any atom is 0.251 e. The van der Waals surface area contributed by atoms with Crippen LogP contribution < -0.4 is 5.56 Å². The van der Waals surface area contributed by atoms with E-state index in [1.54, 1.807) is 6.07 Å². The van der Waals surface area contributed by atoms with E-state index in [2.05, 4.69) is 13.5 Å². The van der Waals surface area contributed by atoms with Crippen molar-refractivity contribution < 1.29 is 0 Å². The number of fused-ring (bicyclic) bond motifs is 1. The Morgan fingerprint density at radius 3 is 2.75 bits per heavy atom. The molecule has 0 amide bonds. The molecule has 1 aromatic heterocycles. The lowest BCUT2D eigenvalue weighted by Gasteiger charge is -2.16. The van der Waals surface area contributed by atoms with Gasteiger partial charge in [-0.1, -0.05) is 31.2 Å². The van der Waals surface area contributed by atoms with Gasteiger partial charge in [-0.15, -0.1) is 6.58 Å². The number of benzene rings is 1. The van der Waals surface area contributed by atoms with Gasteiger partial charge >= 0.3 is 0 Å². The van der Waals surface area contributed by atoms with Crippen LogP contribution in [0.5, 0.6) is 0 Å². The Morgan fingerprint density at radius 2 is 2.06 bits per heavy atom. The van der Waals surface area contributed by atoms with Gasteiger partial charge in [-0.2, -0.15) is 0 Å². The zero-order valence-corrected chi connectivity index (χ0v) is 9.39. The van der Waals surface area contributed by atoms with Crippen LogP contribution in [0.15, 0.2) is 53.8 Å². The third kappa shape index (κ3) is 1.67. The van der Waals surface area contributed by atoms with E-state index >= 15 is 0 Å². The minimum Gasteiger partial charge on any atom is -0.301 e. The van der Waals surface area contributed by atoms with Crippen molar-refractivity contribution in [2.24, 2.45) is 0 Å². The molecular weight excluding hydrogens is 198 g/mol. The summed E-state index contributed by atoms with van der Waals surface area (Å²) in [5, 5.41) is 1.09. The Bertz CT molecular complexity index is 568. The second-order valence-electron chi connectivity index (χ2n) is 3.81. The quantitative estimate of drug-likeness (QED) is 0.718. The number of hydrogen-bond acceptors (Lipinski definition) is 1. The summed E-state index contributed by atoms with van der Waals surface area (Å²) >= 11 is 0. The molecule has 16 heavy (non-hydrogen) atoms. The van der Waals surface area contributed by atoms with Gasteiger partial charge in [0.25, 0.3) is 5.56 Å². The van der Waals surface area contributed by atoms with Crippen LogP contribution in [0.25, 0.3) is 10.9 Å². The second kappa shape index (κ2) is 4.35. The van der Waals surface area contributed by atoms with E-state index in [4.69, 9.17) is 0 Å². The van der Waals surface area contributed by atoms with E-state index in [-0.39, 0.29) is 11.6 Å². The molecule has 0 bridgehead atoms. The van der Waals surface area contributed by atoms with Gasteiger partial charge in [0.05, 0.1) is 11.6 Å². The van der Waals surface area contributed by atoms with E-state index < -0.39 is 0 Å². The minimum atomic E-state index is 0.0328. The third-order valence-electron chi connectivity index (χ3n) is 2.86. The van der Waals surface area contributed by atoms with Crippen LogP contribution in [0.2, 0.25) is 0 Å². The summed E-state index contributed by atoms with van der Waals surface area (Å²) in [6.07, 6.45) is 2.70. The highest BCUT2D eigenvalue weighted by atomic mass is 16.1. The fourth-order valence-electron chi connectivity index (χ4n) is 2.00. The average molecular weight is 213 g/mol. The number of allylic oxidation sites excluding steroid dienone is 1. The number of aromatic nitrogens is 1. The number of nitrogens with zero attached hydrogens (tertiary/aromatic N) is 1. The predicted molar refractivity (Wildman–Crippen MR) is 67.7 cm³/mol. The Hall–Kier alpha value is -1.83. The Labute approximate surface area is 94.8 Å². The summed E-state index contributed by atoms with van der Waals surface area (Å²) in [4.78, 5) is 11.9. The minimum absolute atomic E-state index is 0.0328. The van der Waals surface area contributed by atoms with Crippen molar-refractivity contribution in [1.82, 2.24) is 4.57 Å². The van der Waals surface area contributed by atoms with Crippen molar-refractivity contribution in [1.29, 1.82) is 0 Å². The van der Waals surface area contributed by atoms with Gasteiger partial charge in [0.2, 0.25) is 0 Å². The topological polar surface area (TPSA) is 22.0 Å². The fourth-order valence-corrected chi connectivity index (χ4v) is 2.00. The molecule has 1 atom stereocenters. The largest absolute Gasteiger partial charge is 0.301 e. The van der Waals surface area contributed by atoms with E-state index in [0.717, 1.165) is 17.3 Å². The van der Waals surface area contributed by atoms with Crippen LogP contribution >= 0.6 is 0 Å². The first-order chi connectivity index (χ1) is 7.77. The molecule has 2 nitrogen and oxygen atoms in total. The van der Waals surface area contributed by atoms with E-state index in [0.29, 0.717) is 0 Å². The number of rotatable bonds is 3. The molecule has 0 aliphatic rings. The molecule has 0 radical (unpaired) electrons. The molecule has 0 saturated heterocycles. The Balaban J connectivity index is 2.79. The van der Waals surface area contributed by atoms with E-state index in [1.807, 2.05) is 41.0 Å². The van der Waals surface area contributed by atoms with Crippen molar-refractivity contribution >= 4 is 10.9 Å². The smallest absolute Gasteiger partial charge is 0.251 e. The van der Waals surface area contributed by atoms with Crippen LogP contribution in [0.3, 0.4) is 0 Å². The number of pyridine rings is 1. The van der Waals surface area contributed by atoms with Crippen LogP contribution in [0.4, 0.5) is 0 Å². The summed E-state index contributed by atoms with van der Waals surface area (Å²) in [6.45, 7) is 5.85. The molecule has 1 heterocycles. The Morgan fingerprint density at radius 1 is 1.31 bits per heavy atom. The molecule has 0 saturated carbocycles. The zero-order chi connectivity index (χ0) is 11.5. The van der Waals surface area contributed by atoms with Crippen LogP contribution in [0, 0.1) is 0 Å². The van der Waals surface area contributed by atoms with E-state index in [9.17, 15) is 4.79 Å². The van der Waals surface area contributed by atoms with Gasteiger partial charge in [0, 0.05) is 6.07 Å². The predicted octanol–water partition coefficient (Wildman–Crippen LogP) is 3.14. The molecule has 2 rings (SSSR count). The molecule has 0 aliphatic heterocycles. The molecule has 0 fully saturated rings. The first-order valence-corrected chi connectivity index (χ1v) is 5.50. The second-order valence-corrected chi connectivity index (χ2v) is 3.81. The lowest BCUT2D eigenvalue weighted by atomic mass is 10.1. The molecule has 0 unspecified atom stereocenters. The number of para-hydroxylation sites is 1. The first kappa shape index (κ1) is 10.7. The molecule has 0 spiro atoms. The van der Waals surface area contributed by atoms with Gasteiger partial charge < -0.3 is 4.57 Å². The summed E-state index contributed by atoms with van der Waals surface area (Å²) in [6, 6.07) is 11.5. The van der Waals surface area contributed by atoms with Gasteiger partial charge in [-0.05, 0) is 23.9 Å². The van der Waals surface area contributed by atoms with Gasteiger partial charge in [0.1, 0.15) is 0 Å². The average Bonchev–Trinajstić information content (AvgIpc) is 2.33. The lowest BCUT2D eigenvalue weighted by molar-refractivity contribution is 0.587. The molecule has 0 N–H and O–H groups in total. The van der Waals surface area contributed by atoms with Crippen LogP contribution in [-0.2, 0) is 0 Å². The molecule has 2 heteroatoms. The highest BCUT2D eigenvalue weighted by molar-refractivity contribution is 5.78. The standard InChI is InChI=1S/C14H15NO/c1-3-12(4-2)15-13-8-6-5-7-11(13)9-10-14(15)16/h3,5-10,12H,1,4H2,2H3/t12-/m1/s1. The first-order valence-electron chi connectivity index (χ1n) is 5.50. The van der Waals surface area contributed by atoms with Gasteiger partial charge in [-0.3, -0.25) is 4.79 Å².